The van der Waals surface area contributed by atoms with Crippen molar-refractivity contribution in [1.82, 2.24) is 9.27 Å². The van der Waals surface area contributed by atoms with Gasteiger partial charge in [0.25, 0.3) is 5.91 Å². The normalized spacial score (nSPS) is 17.6. The monoisotopic (exact) mass is 315 g/mol. The number of hydrogen-bond acceptors (Lipinski definition) is 4. The van der Waals surface area contributed by atoms with Gasteiger partial charge in [-0.15, -0.1) is 0 Å². The molecule has 2 N–H and O–H groups in total. The van der Waals surface area contributed by atoms with Gasteiger partial charge < -0.3 is 10.6 Å². The van der Waals surface area contributed by atoms with Crippen molar-refractivity contribution in [2.75, 3.05) is 13.1 Å². The van der Waals surface area contributed by atoms with Crippen molar-refractivity contribution in [3.8, 4) is 0 Å². The summed E-state index contributed by atoms with van der Waals surface area (Å²) in [5.74, 6) is 0.0751. The molecule has 2 amide bonds. The molecule has 22 heavy (non-hydrogen) atoms. The zero-order chi connectivity index (χ0) is 15.5. The minimum absolute atomic E-state index is 0.0656. The van der Waals surface area contributed by atoms with Crippen molar-refractivity contribution in [2.45, 2.75) is 12.8 Å². The van der Waals surface area contributed by atoms with E-state index in [-0.39, 0.29) is 5.91 Å². The second-order valence-electron chi connectivity index (χ2n) is 5.55. The molecule has 1 aromatic heterocycles. The zero-order valence-corrected chi connectivity index (χ0v) is 12.9. The summed E-state index contributed by atoms with van der Waals surface area (Å²) in [6, 6.07) is 9.18. The number of nitrogens with two attached hydrogens (primary N) is 1. The molecule has 6 heteroatoms. The van der Waals surface area contributed by atoms with Crippen LogP contribution >= 0.6 is 11.5 Å². The Bertz CT molecular complexity index is 684. The summed E-state index contributed by atoms with van der Waals surface area (Å²) in [6.07, 6.45) is 3.49. The summed E-state index contributed by atoms with van der Waals surface area (Å²) >= 11 is 1.24. The predicted octanol–water partition coefficient (Wildman–Crippen LogP) is 1.95. The Hall–Kier alpha value is -2.21. The number of rotatable bonds is 4. The molecule has 5 nitrogen and oxygen atoms in total. The van der Waals surface area contributed by atoms with Gasteiger partial charge in [0.1, 0.15) is 4.88 Å². The lowest BCUT2D eigenvalue weighted by atomic mass is 9.97. The molecule has 1 aliphatic rings. The number of carbonyl (C=O) groups is 2. The van der Waals surface area contributed by atoms with E-state index in [9.17, 15) is 9.59 Å². The first kappa shape index (κ1) is 14.7. The molecule has 2 heterocycles. The number of likely N-dealkylation sites (tertiary alicyclic amines) is 1. The summed E-state index contributed by atoms with van der Waals surface area (Å²) in [5, 5.41) is 0. The number of benzene rings is 1. The van der Waals surface area contributed by atoms with Crippen molar-refractivity contribution < 1.29 is 9.59 Å². The molecule has 0 spiro atoms. The van der Waals surface area contributed by atoms with E-state index in [0.717, 1.165) is 31.5 Å². The lowest BCUT2D eigenvalue weighted by Gasteiger charge is -2.15. The van der Waals surface area contributed by atoms with Crippen LogP contribution < -0.4 is 5.73 Å². The van der Waals surface area contributed by atoms with E-state index >= 15 is 0 Å². The quantitative estimate of drug-likeness (QED) is 0.937. The SMILES string of the molecule is NC(=O)c1cccc(C[C@H]2CCN(C(=O)c3ccns3)C2)c1. The molecular weight excluding hydrogens is 298 g/mol. The van der Waals surface area contributed by atoms with Crippen LogP contribution in [0.25, 0.3) is 0 Å². The number of nitrogens with zero attached hydrogens (tertiary/aromatic N) is 2. The van der Waals surface area contributed by atoms with E-state index in [1.165, 1.54) is 11.5 Å². The molecule has 0 radical (unpaired) electrons. The second-order valence-corrected chi connectivity index (χ2v) is 6.38. The van der Waals surface area contributed by atoms with Gasteiger partial charge >= 0.3 is 0 Å². The molecule has 0 bridgehead atoms. The molecule has 3 rings (SSSR count). The molecule has 1 atom stereocenters. The van der Waals surface area contributed by atoms with Gasteiger partial charge in [0.05, 0.1) is 0 Å². The number of carbonyl (C=O) groups excluding carboxylic acids is 2. The maximum Gasteiger partial charge on any atom is 0.265 e. The minimum Gasteiger partial charge on any atom is -0.366 e. The first-order chi connectivity index (χ1) is 10.6. The third kappa shape index (κ3) is 3.17. The number of aromatic nitrogens is 1. The van der Waals surface area contributed by atoms with Gasteiger partial charge in [-0.3, -0.25) is 9.59 Å². The van der Waals surface area contributed by atoms with Crippen LogP contribution in [0.2, 0.25) is 0 Å². The highest BCUT2D eigenvalue weighted by molar-refractivity contribution is 7.08. The molecule has 1 fully saturated rings. The first-order valence-corrected chi connectivity index (χ1v) is 7.99. The van der Waals surface area contributed by atoms with Gasteiger partial charge in [0.2, 0.25) is 5.91 Å². The van der Waals surface area contributed by atoms with E-state index < -0.39 is 5.91 Å². The molecule has 1 saturated heterocycles. The lowest BCUT2D eigenvalue weighted by Crippen LogP contribution is -2.28. The Morgan fingerprint density at radius 2 is 2.23 bits per heavy atom. The topological polar surface area (TPSA) is 76.3 Å². The molecule has 0 unspecified atom stereocenters. The summed E-state index contributed by atoms with van der Waals surface area (Å²) in [7, 11) is 0. The van der Waals surface area contributed by atoms with Crippen molar-refractivity contribution in [3.63, 3.8) is 0 Å². The molecular formula is C16H17N3O2S. The largest absolute Gasteiger partial charge is 0.366 e. The number of amides is 2. The standard InChI is InChI=1S/C16H17N3O2S/c17-15(20)13-3-1-2-11(9-13)8-12-5-7-19(10-12)16(21)14-4-6-18-22-14/h1-4,6,9,12H,5,7-8,10H2,(H2,17,20)/t12-/m1/s1. The van der Waals surface area contributed by atoms with Gasteiger partial charge in [-0.25, -0.2) is 4.37 Å². The van der Waals surface area contributed by atoms with E-state index in [0.29, 0.717) is 16.4 Å². The highest BCUT2D eigenvalue weighted by Crippen LogP contribution is 2.23. The van der Waals surface area contributed by atoms with Crippen LogP contribution in [0.5, 0.6) is 0 Å². The van der Waals surface area contributed by atoms with Gasteiger partial charge in [-0.2, -0.15) is 0 Å². The Morgan fingerprint density at radius 3 is 2.95 bits per heavy atom. The van der Waals surface area contributed by atoms with Crippen molar-refractivity contribution in [3.05, 3.63) is 52.5 Å². The van der Waals surface area contributed by atoms with Crippen molar-refractivity contribution in [1.29, 1.82) is 0 Å². The highest BCUT2D eigenvalue weighted by Gasteiger charge is 2.27. The Labute approximate surface area is 132 Å². The van der Waals surface area contributed by atoms with Gasteiger partial charge in [0, 0.05) is 24.8 Å². The maximum absolute atomic E-state index is 12.3. The fraction of sp³-hybridized carbons (Fsp3) is 0.312. The minimum atomic E-state index is -0.407. The fourth-order valence-corrected chi connectivity index (χ4v) is 3.41. The predicted molar refractivity (Wildman–Crippen MR) is 84.8 cm³/mol. The molecule has 0 saturated carbocycles. The van der Waals surface area contributed by atoms with Crippen LogP contribution in [0, 0.1) is 5.92 Å². The lowest BCUT2D eigenvalue weighted by molar-refractivity contribution is 0.0791. The molecule has 2 aromatic rings. The summed E-state index contributed by atoms with van der Waals surface area (Å²) in [5.41, 5.74) is 6.94. The average molecular weight is 315 g/mol. The molecule has 0 aliphatic carbocycles. The zero-order valence-electron chi connectivity index (χ0n) is 12.1. The van der Waals surface area contributed by atoms with Gasteiger partial charge in [0.15, 0.2) is 0 Å². The van der Waals surface area contributed by atoms with E-state index in [1.54, 1.807) is 18.3 Å². The van der Waals surface area contributed by atoms with Crippen molar-refractivity contribution in [2.24, 2.45) is 11.7 Å². The Balaban J connectivity index is 1.62. The molecule has 114 valence electrons. The Morgan fingerprint density at radius 1 is 1.36 bits per heavy atom. The highest BCUT2D eigenvalue weighted by atomic mass is 32.1. The maximum atomic E-state index is 12.3. The second kappa shape index (κ2) is 6.27. The van der Waals surface area contributed by atoms with Crippen LogP contribution in [0.15, 0.2) is 36.5 Å². The van der Waals surface area contributed by atoms with Crippen LogP contribution in [0.1, 0.15) is 32.0 Å². The summed E-state index contributed by atoms with van der Waals surface area (Å²) < 4.78 is 3.98. The van der Waals surface area contributed by atoms with Crippen molar-refractivity contribution >= 4 is 23.3 Å². The average Bonchev–Trinajstić information content (AvgIpc) is 3.18. The third-order valence-corrected chi connectivity index (χ3v) is 4.69. The van der Waals surface area contributed by atoms with E-state index in [1.807, 2.05) is 23.1 Å². The van der Waals surface area contributed by atoms with Gasteiger partial charge in [-0.1, -0.05) is 12.1 Å². The smallest absolute Gasteiger partial charge is 0.265 e. The molecule has 1 aliphatic heterocycles. The summed E-state index contributed by atoms with van der Waals surface area (Å²) in [6.45, 7) is 1.52. The number of primary amides is 1. The number of hydrogen-bond donors (Lipinski definition) is 1. The molecule has 1 aromatic carbocycles. The van der Waals surface area contributed by atoms with Crippen LogP contribution in [0.3, 0.4) is 0 Å². The Kier molecular flexibility index (Phi) is 4.20. The third-order valence-electron chi connectivity index (χ3n) is 3.96. The summed E-state index contributed by atoms with van der Waals surface area (Å²) in [4.78, 5) is 26.1. The van der Waals surface area contributed by atoms with Crippen LogP contribution in [-0.2, 0) is 6.42 Å². The fourth-order valence-electron chi connectivity index (χ4n) is 2.85. The first-order valence-electron chi connectivity index (χ1n) is 7.22. The van der Waals surface area contributed by atoms with Crippen LogP contribution in [0.4, 0.5) is 0 Å². The van der Waals surface area contributed by atoms with Crippen LogP contribution in [-0.4, -0.2) is 34.2 Å². The van der Waals surface area contributed by atoms with E-state index in [4.69, 9.17) is 5.73 Å². The van der Waals surface area contributed by atoms with Gasteiger partial charge in [-0.05, 0) is 54.1 Å². The van der Waals surface area contributed by atoms with E-state index in [2.05, 4.69) is 4.37 Å².